The van der Waals surface area contributed by atoms with Crippen molar-refractivity contribution in [3.05, 3.63) is 64.4 Å². The van der Waals surface area contributed by atoms with Gasteiger partial charge in [-0.25, -0.2) is 12.8 Å². The fraction of sp³-hybridized carbons (Fsp3) is 0.417. The molecule has 2 rings (SSSR count). The maximum atomic E-state index is 14.4. The van der Waals surface area contributed by atoms with Gasteiger partial charge in [-0.3, -0.25) is 13.9 Å². The minimum absolute atomic E-state index is 0.121. The van der Waals surface area contributed by atoms with E-state index in [1.165, 1.54) is 42.2 Å². The van der Waals surface area contributed by atoms with Crippen LogP contribution in [0, 0.1) is 12.7 Å². The zero-order chi connectivity index (χ0) is 25.6. The van der Waals surface area contributed by atoms with Gasteiger partial charge >= 0.3 is 0 Å². The quantitative estimate of drug-likeness (QED) is 0.524. The molecular formula is C24H31ClFN3O4S. The molecule has 0 radical (unpaired) electrons. The fourth-order valence-electron chi connectivity index (χ4n) is 3.35. The molecule has 34 heavy (non-hydrogen) atoms. The highest BCUT2D eigenvalue weighted by molar-refractivity contribution is 7.92. The standard InChI is InChI=1S/C24H31ClFN3O4S/c1-6-17(3)27-24(31)18(4)28(14-19-9-7-8-10-21(19)26)23(30)15-29(34(5,32)33)22-12-11-20(25)13-16(22)2/h7-13,17-18H,6,14-15H2,1-5H3,(H,27,31)/t17-,18-/m0/s1. The normalized spacial score (nSPS) is 13.1. The molecule has 0 aliphatic heterocycles. The molecule has 1 N–H and O–H groups in total. The molecular weight excluding hydrogens is 481 g/mol. The first kappa shape index (κ1) is 27.6. The predicted octanol–water partition coefficient (Wildman–Crippen LogP) is 3.89. The number of rotatable bonds is 10. The van der Waals surface area contributed by atoms with E-state index in [2.05, 4.69) is 5.32 Å². The van der Waals surface area contributed by atoms with Gasteiger partial charge in [0.1, 0.15) is 18.4 Å². The van der Waals surface area contributed by atoms with Crippen molar-refractivity contribution in [2.24, 2.45) is 0 Å². The van der Waals surface area contributed by atoms with E-state index in [0.29, 0.717) is 22.7 Å². The number of nitrogens with zero attached hydrogens (tertiary/aromatic N) is 2. The second kappa shape index (κ2) is 11.7. The second-order valence-corrected chi connectivity index (χ2v) is 10.7. The van der Waals surface area contributed by atoms with Gasteiger partial charge in [-0.2, -0.15) is 0 Å². The van der Waals surface area contributed by atoms with Gasteiger partial charge in [-0.05, 0) is 57.0 Å². The third-order valence-electron chi connectivity index (χ3n) is 5.57. The summed E-state index contributed by atoms with van der Waals surface area (Å²) in [5.74, 6) is -1.58. The summed E-state index contributed by atoms with van der Waals surface area (Å²) in [4.78, 5) is 27.5. The minimum Gasteiger partial charge on any atom is -0.352 e. The van der Waals surface area contributed by atoms with E-state index < -0.39 is 40.2 Å². The molecule has 186 valence electrons. The summed E-state index contributed by atoms with van der Waals surface area (Å²) in [5, 5.41) is 3.25. The van der Waals surface area contributed by atoms with Gasteiger partial charge in [-0.1, -0.05) is 36.7 Å². The lowest BCUT2D eigenvalue weighted by Crippen LogP contribution is -2.52. The SMILES string of the molecule is CC[C@H](C)NC(=O)[C@H](C)N(Cc1ccccc1F)C(=O)CN(c1ccc(Cl)cc1C)S(C)(=O)=O. The molecule has 0 saturated carbocycles. The molecule has 7 nitrogen and oxygen atoms in total. The van der Waals surface area contributed by atoms with Gasteiger partial charge in [-0.15, -0.1) is 0 Å². The maximum absolute atomic E-state index is 14.4. The van der Waals surface area contributed by atoms with Gasteiger partial charge in [0.25, 0.3) is 0 Å². The molecule has 0 aromatic heterocycles. The molecule has 2 aromatic rings. The molecule has 2 amide bonds. The Morgan fingerprint density at radius 2 is 1.79 bits per heavy atom. The summed E-state index contributed by atoms with van der Waals surface area (Å²) in [6, 6.07) is 9.51. The Kier molecular flexibility index (Phi) is 9.46. The van der Waals surface area contributed by atoms with E-state index in [9.17, 15) is 22.4 Å². The highest BCUT2D eigenvalue weighted by atomic mass is 35.5. The zero-order valence-corrected chi connectivity index (χ0v) is 21.6. The van der Waals surface area contributed by atoms with Crippen LogP contribution in [0.2, 0.25) is 5.02 Å². The van der Waals surface area contributed by atoms with Crippen molar-refractivity contribution in [1.29, 1.82) is 0 Å². The van der Waals surface area contributed by atoms with E-state index in [0.717, 1.165) is 10.6 Å². The highest BCUT2D eigenvalue weighted by Gasteiger charge is 2.31. The van der Waals surface area contributed by atoms with E-state index >= 15 is 0 Å². The average Bonchev–Trinajstić information content (AvgIpc) is 2.76. The van der Waals surface area contributed by atoms with Crippen molar-refractivity contribution in [2.45, 2.75) is 52.7 Å². The zero-order valence-electron chi connectivity index (χ0n) is 20.0. The van der Waals surface area contributed by atoms with Crippen LogP contribution in [0.25, 0.3) is 0 Å². The van der Waals surface area contributed by atoms with Crippen molar-refractivity contribution in [3.8, 4) is 0 Å². The Balaban J connectivity index is 2.43. The van der Waals surface area contributed by atoms with E-state index in [-0.39, 0.29) is 18.2 Å². The summed E-state index contributed by atoms with van der Waals surface area (Å²) in [6.07, 6.45) is 1.69. The molecule has 0 fully saturated rings. The summed E-state index contributed by atoms with van der Waals surface area (Å²) >= 11 is 6.00. The number of halogens is 2. The highest BCUT2D eigenvalue weighted by Crippen LogP contribution is 2.26. The van der Waals surface area contributed by atoms with Crippen molar-refractivity contribution in [1.82, 2.24) is 10.2 Å². The fourth-order valence-corrected chi connectivity index (χ4v) is 4.49. The molecule has 10 heteroatoms. The number of anilines is 1. The van der Waals surface area contributed by atoms with Crippen LogP contribution in [0.15, 0.2) is 42.5 Å². The van der Waals surface area contributed by atoms with Crippen LogP contribution in [0.5, 0.6) is 0 Å². The molecule has 0 heterocycles. The molecule has 2 aromatic carbocycles. The van der Waals surface area contributed by atoms with E-state index in [1.807, 2.05) is 13.8 Å². The average molecular weight is 512 g/mol. The van der Waals surface area contributed by atoms with Gasteiger partial charge in [0.2, 0.25) is 21.8 Å². The van der Waals surface area contributed by atoms with Crippen LogP contribution < -0.4 is 9.62 Å². The van der Waals surface area contributed by atoms with Crippen molar-refractivity contribution in [3.63, 3.8) is 0 Å². The van der Waals surface area contributed by atoms with Gasteiger partial charge in [0, 0.05) is 23.2 Å². The summed E-state index contributed by atoms with van der Waals surface area (Å²) in [7, 11) is -3.86. The number of amides is 2. The van der Waals surface area contributed by atoms with Gasteiger partial charge in [0.15, 0.2) is 0 Å². The number of carbonyl (C=O) groups is 2. The van der Waals surface area contributed by atoms with Crippen LogP contribution in [-0.4, -0.2) is 50.0 Å². The first-order chi connectivity index (χ1) is 15.8. The van der Waals surface area contributed by atoms with Gasteiger partial charge < -0.3 is 10.2 Å². The topological polar surface area (TPSA) is 86.8 Å². The molecule has 0 saturated heterocycles. The van der Waals surface area contributed by atoms with Crippen molar-refractivity contribution >= 4 is 39.1 Å². The number of benzene rings is 2. The Bertz CT molecular complexity index is 1140. The third kappa shape index (κ3) is 7.17. The number of nitrogens with one attached hydrogen (secondary N) is 1. The molecule has 0 spiro atoms. The molecule has 0 aliphatic carbocycles. The number of hydrogen-bond donors (Lipinski definition) is 1. The smallest absolute Gasteiger partial charge is 0.244 e. The van der Waals surface area contributed by atoms with Crippen LogP contribution in [0.3, 0.4) is 0 Å². The maximum Gasteiger partial charge on any atom is 0.244 e. The summed E-state index contributed by atoms with van der Waals surface area (Å²) in [5.41, 5.74) is 1.07. The number of aryl methyl sites for hydroxylation is 1. The predicted molar refractivity (Wildman–Crippen MR) is 133 cm³/mol. The monoisotopic (exact) mass is 511 g/mol. The Morgan fingerprint density at radius 1 is 1.15 bits per heavy atom. The third-order valence-corrected chi connectivity index (χ3v) is 6.94. The molecule has 0 aliphatic rings. The Hall–Kier alpha value is -2.65. The molecule has 0 unspecified atom stereocenters. The number of hydrogen-bond acceptors (Lipinski definition) is 4. The Labute approximate surface area is 205 Å². The summed E-state index contributed by atoms with van der Waals surface area (Å²) < 4.78 is 40.6. The largest absolute Gasteiger partial charge is 0.352 e. The van der Waals surface area contributed by atoms with E-state index in [4.69, 9.17) is 11.6 Å². The first-order valence-electron chi connectivity index (χ1n) is 10.9. The molecule has 2 atom stereocenters. The van der Waals surface area contributed by atoms with Crippen LogP contribution in [0.4, 0.5) is 10.1 Å². The van der Waals surface area contributed by atoms with Crippen LogP contribution >= 0.6 is 11.6 Å². The lowest BCUT2D eigenvalue weighted by Gasteiger charge is -2.32. The lowest BCUT2D eigenvalue weighted by molar-refractivity contribution is -0.139. The Morgan fingerprint density at radius 3 is 2.35 bits per heavy atom. The van der Waals surface area contributed by atoms with Crippen LogP contribution in [-0.2, 0) is 26.2 Å². The second-order valence-electron chi connectivity index (χ2n) is 8.31. The van der Waals surface area contributed by atoms with Crippen molar-refractivity contribution < 1.29 is 22.4 Å². The van der Waals surface area contributed by atoms with E-state index in [1.54, 1.807) is 19.1 Å². The minimum atomic E-state index is -3.86. The first-order valence-corrected chi connectivity index (χ1v) is 13.1. The number of sulfonamides is 1. The number of carbonyl (C=O) groups excluding carboxylic acids is 2. The lowest BCUT2D eigenvalue weighted by atomic mass is 10.1. The van der Waals surface area contributed by atoms with Crippen molar-refractivity contribution in [2.75, 3.05) is 17.1 Å². The van der Waals surface area contributed by atoms with Gasteiger partial charge in [0.05, 0.1) is 11.9 Å². The van der Waals surface area contributed by atoms with Crippen LogP contribution in [0.1, 0.15) is 38.3 Å². The summed E-state index contributed by atoms with van der Waals surface area (Å²) in [6.45, 7) is 6.21. The molecule has 0 bridgehead atoms.